The molecule has 2 N–H and O–H groups in total. The molecule has 45 heavy (non-hydrogen) atoms. The standard InChI is InChI=1S/C30H34F4N2O8S/c1-16-11-21(27(37)35-18-5-4-6-20(13-18)45(40,41)30(32,33)34)24(12-16)36-28(38)22-14-26(23(31)15-25(22)42-2)44-19-9-7-17(8-10-19)29(39)43-3/h4-6,13-17,19,21,24H,7-12H2,1-3H3,(H,35,37)(H,36,38)/t16-,17-,19+,21+,24-/m1/s1. The number of carbonyl (C=O) groups excluding carboxylic acids is 3. The highest BCUT2D eigenvalue weighted by atomic mass is 32.2. The van der Waals surface area contributed by atoms with Crippen LogP contribution in [0, 0.1) is 23.6 Å². The molecular weight excluding hydrogens is 624 g/mol. The van der Waals surface area contributed by atoms with E-state index in [1.807, 2.05) is 6.92 Å². The Balaban J connectivity index is 1.47. The minimum absolute atomic E-state index is 0.0166. The number of hydrogen-bond donors (Lipinski definition) is 2. The first-order valence-electron chi connectivity index (χ1n) is 14.3. The van der Waals surface area contributed by atoms with E-state index in [-0.39, 0.29) is 40.6 Å². The van der Waals surface area contributed by atoms with Crippen molar-refractivity contribution in [3.05, 3.63) is 47.8 Å². The van der Waals surface area contributed by atoms with Gasteiger partial charge in [0.1, 0.15) is 5.75 Å². The fraction of sp³-hybridized carbons (Fsp3) is 0.500. The predicted molar refractivity (Wildman–Crippen MR) is 153 cm³/mol. The van der Waals surface area contributed by atoms with Crippen LogP contribution in [-0.2, 0) is 24.2 Å². The van der Waals surface area contributed by atoms with Crippen molar-refractivity contribution in [1.29, 1.82) is 0 Å². The van der Waals surface area contributed by atoms with Gasteiger partial charge in [-0.15, -0.1) is 0 Å². The number of halogens is 4. The maximum Gasteiger partial charge on any atom is 0.501 e. The molecule has 0 aliphatic heterocycles. The highest BCUT2D eigenvalue weighted by molar-refractivity contribution is 7.92. The number of amides is 2. The summed E-state index contributed by atoms with van der Waals surface area (Å²) >= 11 is 0. The van der Waals surface area contributed by atoms with E-state index in [4.69, 9.17) is 14.2 Å². The van der Waals surface area contributed by atoms with Crippen LogP contribution in [0.1, 0.15) is 55.8 Å². The van der Waals surface area contributed by atoms with E-state index in [2.05, 4.69) is 10.6 Å². The van der Waals surface area contributed by atoms with Crippen molar-refractivity contribution in [3.63, 3.8) is 0 Å². The largest absolute Gasteiger partial charge is 0.501 e. The minimum atomic E-state index is -5.63. The second-order valence-corrected chi connectivity index (χ2v) is 13.3. The van der Waals surface area contributed by atoms with Crippen LogP contribution in [0.25, 0.3) is 0 Å². The Kier molecular flexibility index (Phi) is 10.3. The van der Waals surface area contributed by atoms with Gasteiger partial charge in [-0.3, -0.25) is 14.4 Å². The topological polar surface area (TPSA) is 137 Å². The Morgan fingerprint density at radius 3 is 2.27 bits per heavy atom. The number of nitrogens with one attached hydrogen (secondary N) is 2. The first-order valence-corrected chi connectivity index (χ1v) is 15.8. The lowest BCUT2D eigenvalue weighted by molar-refractivity contribution is -0.147. The third-order valence-electron chi connectivity index (χ3n) is 8.17. The van der Waals surface area contributed by atoms with E-state index >= 15 is 0 Å². The summed E-state index contributed by atoms with van der Waals surface area (Å²) in [7, 11) is -3.04. The molecule has 0 spiro atoms. The van der Waals surface area contributed by atoms with Gasteiger partial charge >= 0.3 is 11.5 Å². The highest BCUT2D eigenvalue weighted by Gasteiger charge is 2.47. The van der Waals surface area contributed by atoms with Crippen molar-refractivity contribution >= 4 is 33.3 Å². The molecule has 2 saturated carbocycles. The van der Waals surface area contributed by atoms with Crippen molar-refractivity contribution in [2.75, 3.05) is 19.5 Å². The van der Waals surface area contributed by atoms with Gasteiger partial charge in [0, 0.05) is 17.8 Å². The van der Waals surface area contributed by atoms with Gasteiger partial charge in [0.2, 0.25) is 5.91 Å². The number of methoxy groups -OCH3 is 2. The normalized spacial score (nSPS) is 23.6. The summed E-state index contributed by atoms with van der Waals surface area (Å²) in [6.07, 6.45) is 2.31. The Labute approximate surface area is 257 Å². The number of sulfone groups is 1. The SMILES string of the molecule is COc1cc(F)c(O[C@H]2CC[C@@H](C(=O)OC)CC2)cc1C(=O)N[C@@H]1C[C@H](C)C[C@@H]1C(=O)Nc1cccc(S(=O)(=O)C(F)(F)F)c1. The molecule has 2 aromatic carbocycles. The third kappa shape index (κ3) is 7.68. The van der Waals surface area contributed by atoms with Crippen molar-refractivity contribution in [1.82, 2.24) is 5.32 Å². The lowest BCUT2D eigenvalue weighted by Gasteiger charge is -2.28. The van der Waals surface area contributed by atoms with Crippen LogP contribution >= 0.6 is 0 Å². The second-order valence-electron chi connectivity index (χ2n) is 11.3. The molecule has 2 aliphatic carbocycles. The fourth-order valence-electron chi connectivity index (χ4n) is 5.83. The monoisotopic (exact) mass is 658 g/mol. The van der Waals surface area contributed by atoms with Gasteiger partial charge in [-0.05, 0) is 68.7 Å². The molecule has 2 amide bonds. The summed E-state index contributed by atoms with van der Waals surface area (Å²) in [4.78, 5) is 37.5. The van der Waals surface area contributed by atoms with Gasteiger partial charge in [-0.25, -0.2) is 12.8 Å². The van der Waals surface area contributed by atoms with Gasteiger partial charge in [0.05, 0.1) is 42.6 Å². The van der Waals surface area contributed by atoms with E-state index in [0.29, 0.717) is 38.5 Å². The molecule has 2 fully saturated rings. The van der Waals surface area contributed by atoms with Crippen molar-refractivity contribution in [2.24, 2.45) is 17.8 Å². The summed E-state index contributed by atoms with van der Waals surface area (Å²) in [5.41, 5.74) is -5.71. The summed E-state index contributed by atoms with van der Waals surface area (Å²) in [6, 6.07) is 5.37. The van der Waals surface area contributed by atoms with E-state index in [9.17, 15) is 40.4 Å². The number of alkyl halides is 3. The van der Waals surface area contributed by atoms with Crippen molar-refractivity contribution in [2.45, 2.75) is 68.0 Å². The van der Waals surface area contributed by atoms with Gasteiger partial charge in [-0.2, -0.15) is 13.2 Å². The zero-order valence-corrected chi connectivity index (χ0v) is 25.6. The number of rotatable bonds is 9. The van der Waals surface area contributed by atoms with Crippen LogP contribution < -0.4 is 20.1 Å². The van der Waals surface area contributed by atoms with Crippen molar-refractivity contribution in [3.8, 4) is 11.5 Å². The number of benzene rings is 2. The summed E-state index contributed by atoms with van der Waals surface area (Å²) in [5.74, 6) is -3.67. The van der Waals surface area contributed by atoms with Crippen LogP contribution in [-0.4, -0.2) is 58.1 Å². The van der Waals surface area contributed by atoms with Gasteiger partial charge in [-0.1, -0.05) is 13.0 Å². The van der Waals surface area contributed by atoms with E-state index < -0.39 is 55.9 Å². The number of esters is 1. The Morgan fingerprint density at radius 2 is 1.64 bits per heavy atom. The average Bonchev–Trinajstić information content (AvgIpc) is 3.37. The lowest BCUT2D eigenvalue weighted by atomic mass is 9.87. The minimum Gasteiger partial charge on any atom is -0.496 e. The zero-order valence-electron chi connectivity index (χ0n) is 24.8. The molecule has 0 heterocycles. The van der Waals surface area contributed by atoms with Gasteiger partial charge in [0.15, 0.2) is 11.6 Å². The fourth-order valence-corrected chi connectivity index (χ4v) is 6.64. The average molecular weight is 659 g/mol. The van der Waals surface area contributed by atoms with Crippen LogP contribution in [0.15, 0.2) is 41.3 Å². The Hall–Kier alpha value is -3.88. The number of anilines is 1. The maximum atomic E-state index is 14.9. The van der Waals surface area contributed by atoms with Gasteiger partial charge in [0.25, 0.3) is 15.7 Å². The first kappa shape index (κ1) is 34.0. The van der Waals surface area contributed by atoms with Crippen molar-refractivity contribution < 1.29 is 54.6 Å². The van der Waals surface area contributed by atoms with E-state index in [0.717, 1.165) is 24.3 Å². The second kappa shape index (κ2) is 13.6. The van der Waals surface area contributed by atoms with Crippen LogP contribution in [0.5, 0.6) is 11.5 Å². The lowest BCUT2D eigenvalue weighted by Crippen LogP contribution is -2.42. The molecule has 0 aromatic heterocycles. The molecule has 2 aromatic rings. The summed E-state index contributed by atoms with van der Waals surface area (Å²) in [6.45, 7) is 1.86. The summed E-state index contributed by atoms with van der Waals surface area (Å²) in [5, 5.41) is 5.26. The molecule has 0 bridgehead atoms. The van der Waals surface area contributed by atoms with E-state index in [1.165, 1.54) is 26.4 Å². The molecule has 0 unspecified atom stereocenters. The molecule has 0 radical (unpaired) electrons. The molecule has 4 rings (SSSR count). The summed E-state index contributed by atoms with van der Waals surface area (Å²) < 4.78 is 93.5. The Morgan fingerprint density at radius 1 is 0.956 bits per heavy atom. The number of ether oxygens (including phenoxy) is 3. The van der Waals surface area contributed by atoms with E-state index in [1.54, 1.807) is 0 Å². The molecular formula is C30H34F4N2O8S. The zero-order chi connectivity index (χ0) is 33.1. The number of carbonyl (C=O) groups is 3. The smallest absolute Gasteiger partial charge is 0.496 e. The molecule has 3 atom stereocenters. The first-order chi connectivity index (χ1) is 21.1. The van der Waals surface area contributed by atoms with Crippen LogP contribution in [0.2, 0.25) is 0 Å². The maximum absolute atomic E-state index is 14.9. The predicted octanol–water partition coefficient (Wildman–Crippen LogP) is 5.02. The third-order valence-corrected chi connectivity index (χ3v) is 9.65. The molecule has 10 nitrogen and oxygen atoms in total. The molecule has 246 valence electrons. The Bertz CT molecular complexity index is 1540. The van der Waals surface area contributed by atoms with Crippen LogP contribution in [0.4, 0.5) is 23.2 Å². The molecule has 0 saturated heterocycles. The van der Waals surface area contributed by atoms with Crippen LogP contribution in [0.3, 0.4) is 0 Å². The van der Waals surface area contributed by atoms with Gasteiger partial charge < -0.3 is 24.8 Å². The highest BCUT2D eigenvalue weighted by Crippen LogP contribution is 2.36. The molecule has 15 heteroatoms. The quantitative estimate of drug-likeness (QED) is 0.283. The molecule has 2 aliphatic rings. The number of hydrogen-bond acceptors (Lipinski definition) is 8.